The molecule has 0 amide bonds. The van der Waals surface area contributed by atoms with E-state index in [-0.39, 0.29) is 0 Å². The third kappa shape index (κ3) is 5.72. The van der Waals surface area contributed by atoms with Crippen LogP contribution in [0, 0.1) is 0 Å². The highest BCUT2D eigenvalue weighted by atomic mass is 28.4. The standard InChI is InChI=1S/C5H13NOSi/c1-4-5-7-8(2,3)6/h4-5H,6H2,1-3H3. The van der Waals surface area contributed by atoms with Crippen LogP contribution in [-0.2, 0) is 4.43 Å². The van der Waals surface area contributed by atoms with Crippen LogP contribution in [0.25, 0.3) is 0 Å². The summed E-state index contributed by atoms with van der Waals surface area (Å²) in [4.78, 5) is 0. The smallest absolute Gasteiger partial charge is 0.319 e. The van der Waals surface area contributed by atoms with Gasteiger partial charge >= 0.3 is 8.48 Å². The highest BCUT2D eigenvalue weighted by molar-refractivity contribution is 6.67. The predicted octanol–water partition coefficient (Wildman–Crippen LogP) is 1.20. The number of rotatable bonds is 2. The molecule has 0 saturated carbocycles. The van der Waals surface area contributed by atoms with Crippen LogP contribution in [0.2, 0.25) is 13.1 Å². The summed E-state index contributed by atoms with van der Waals surface area (Å²) < 4.78 is 5.11. The molecular formula is C5H13NOSi. The lowest BCUT2D eigenvalue weighted by atomic mass is 10.8. The first-order chi connectivity index (χ1) is 3.56. The molecule has 48 valence electrons. The van der Waals surface area contributed by atoms with E-state index in [0.29, 0.717) is 0 Å². The Morgan fingerprint density at radius 3 is 2.12 bits per heavy atom. The van der Waals surface area contributed by atoms with Crippen molar-refractivity contribution < 1.29 is 4.43 Å². The third-order valence-corrected chi connectivity index (χ3v) is 1.25. The highest BCUT2D eigenvalue weighted by Crippen LogP contribution is 1.93. The van der Waals surface area contributed by atoms with Crippen LogP contribution in [0.3, 0.4) is 0 Å². The molecule has 2 N–H and O–H groups in total. The molecule has 0 atom stereocenters. The molecular weight excluding hydrogens is 118 g/mol. The Morgan fingerprint density at radius 2 is 2.00 bits per heavy atom. The van der Waals surface area contributed by atoms with Crippen molar-refractivity contribution >= 4 is 8.48 Å². The first-order valence-electron chi connectivity index (χ1n) is 2.64. The Hall–Kier alpha value is -0.283. The Balaban J connectivity index is 3.39. The lowest BCUT2D eigenvalue weighted by molar-refractivity contribution is 0.473. The van der Waals surface area contributed by atoms with E-state index in [1.54, 1.807) is 6.26 Å². The fourth-order valence-electron chi connectivity index (χ4n) is 0.243. The maximum Gasteiger partial charge on any atom is 0.319 e. The topological polar surface area (TPSA) is 35.2 Å². The second kappa shape index (κ2) is 2.89. The molecule has 0 aliphatic heterocycles. The van der Waals surface area contributed by atoms with Crippen LogP contribution in [0.4, 0.5) is 0 Å². The van der Waals surface area contributed by atoms with E-state index in [1.807, 2.05) is 26.1 Å². The SMILES string of the molecule is CC=CO[Si](C)(C)N. The van der Waals surface area contributed by atoms with E-state index in [2.05, 4.69) is 0 Å². The number of hydrogen-bond acceptors (Lipinski definition) is 2. The Labute approximate surface area is 51.5 Å². The van der Waals surface area contributed by atoms with Crippen molar-refractivity contribution in [2.45, 2.75) is 20.0 Å². The first-order valence-corrected chi connectivity index (χ1v) is 5.62. The van der Waals surface area contributed by atoms with Gasteiger partial charge in [-0.05, 0) is 20.0 Å². The first kappa shape index (κ1) is 7.72. The second-order valence-electron chi connectivity index (χ2n) is 2.19. The summed E-state index contributed by atoms with van der Waals surface area (Å²) in [7, 11) is -1.76. The molecule has 2 nitrogen and oxygen atoms in total. The van der Waals surface area contributed by atoms with Gasteiger partial charge in [-0.25, -0.2) is 0 Å². The van der Waals surface area contributed by atoms with Gasteiger partial charge in [0.15, 0.2) is 0 Å². The lowest BCUT2D eigenvalue weighted by Crippen LogP contribution is -2.40. The minimum atomic E-state index is -1.76. The number of hydrogen-bond donors (Lipinski definition) is 1. The summed E-state index contributed by atoms with van der Waals surface area (Å²) in [5, 5.41) is 5.59. The van der Waals surface area contributed by atoms with Gasteiger partial charge in [0.05, 0.1) is 6.26 Å². The Bertz CT molecular complexity index is 84.9. The summed E-state index contributed by atoms with van der Waals surface area (Å²) in [6.07, 6.45) is 3.48. The highest BCUT2D eigenvalue weighted by Gasteiger charge is 2.13. The van der Waals surface area contributed by atoms with Gasteiger partial charge in [0.2, 0.25) is 0 Å². The zero-order valence-electron chi connectivity index (χ0n) is 5.64. The van der Waals surface area contributed by atoms with Gasteiger partial charge in [0.1, 0.15) is 0 Å². The van der Waals surface area contributed by atoms with Gasteiger partial charge in [0.25, 0.3) is 0 Å². The van der Waals surface area contributed by atoms with E-state index in [1.165, 1.54) is 0 Å². The average Bonchev–Trinajstić information content (AvgIpc) is 1.59. The van der Waals surface area contributed by atoms with Crippen LogP contribution in [0.1, 0.15) is 6.92 Å². The minimum Gasteiger partial charge on any atom is -0.536 e. The van der Waals surface area contributed by atoms with Gasteiger partial charge in [-0.1, -0.05) is 6.08 Å². The number of nitrogens with two attached hydrogens (primary N) is 1. The van der Waals surface area contributed by atoms with Gasteiger partial charge in [-0.2, -0.15) is 0 Å². The maximum atomic E-state index is 5.59. The summed E-state index contributed by atoms with van der Waals surface area (Å²) in [5.41, 5.74) is 0. The molecule has 8 heavy (non-hydrogen) atoms. The molecule has 3 heteroatoms. The third-order valence-electron chi connectivity index (χ3n) is 0.508. The molecule has 0 aliphatic rings. The zero-order chi connectivity index (χ0) is 6.62. The fourth-order valence-corrected chi connectivity index (χ4v) is 0.730. The summed E-state index contributed by atoms with van der Waals surface area (Å²) in [5.74, 6) is 0. The second-order valence-corrected chi connectivity index (χ2v) is 5.63. The quantitative estimate of drug-likeness (QED) is 0.451. The summed E-state index contributed by atoms with van der Waals surface area (Å²) in [6.45, 7) is 5.78. The van der Waals surface area contributed by atoms with Crippen molar-refractivity contribution in [2.24, 2.45) is 5.40 Å². The van der Waals surface area contributed by atoms with Crippen molar-refractivity contribution in [3.05, 3.63) is 12.3 Å². The van der Waals surface area contributed by atoms with Crippen molar-refractivity contribution in [3.8, 4) is 0 Å². The number of allylic oxidation sites excluding steroid dienone is 1. The largest absolute Gasteiger partial charge is 0.536 e. The zero-order valence-corrected chi connectivity index (χ0v) is 6.64. The van der Waals surface area contributed by atoms with E-state index >= 15 is 0 Å². The molecule has 0 radical (unpaired) electrons. The molecule has 0 spiro atoms. The monoisotopic (exact) mass is 131 g/mol. The van der Waals surface area contributed by atoms with Crippen molar-refractivity contribution in [1.29, 1.82) is 0 Å². The molecule has 0 unspecified atom stereocenters. The Kier molecular flexibility index (Phi) is 2.79. The summed E-state index contributed by atoms with van der Waals surface area (Å²) >= 11 is 0. The molecule has 0 aromatic heterocycles. The molecule has 0 bridgehead atoms. The fraction of sp³-hybridized carbons (Fsp3) is 0.600. The average molecular weight is 131 g/mol. The molecule has 0 fully saturated rings. The van der Waals surface area contributed by atoms with E-state index in [4.69, 9.17) is 9.83 Å². The van der Waals surface area contributed by atoms with Crippen LogP contribution >= 0.6 is 0 Å². The van der Waals surface area contributed by atoms with Crippen molar-refractivity contribution in [3.63, 3.8) is 0 Å². The molecule has 0 aliphatic carbocycles. The van der Waals surface area contributed by atoms with Gasteiger partial charge in [-0.15, -0.1) is 0 Å². The van der Waals surface area contributed by atoms with E-state index in [0.717, 1.165) is 0 Å². The van der Waals surface area contributed by atoms with E-state index < -0.39 is 8.48 Å². The lowest BCUT2D eigenvalue weighted by Gasteiger charge is -2.13. The summed E-state index contributed by atoms with van der Waals surface area (Å²) in [6, 6.07) is 0. The Morgan fingerprint density at radius 1 is 1.50 bits per heavy atom. The normalized spacial score (nSPS) is 12.5. The molecule has 0 heterocycles. The van der Waals surface area contributed by atoms with Gasteiger partial charge in [-0.3, -0.25) is 0 Å². The van der Waals surface area contributed by atoms with Crippen LogP contribution in [0.5, 0.6) is 0 Å². The molecule has 0 aromatic carbocycles. The predicted molar refractivity (Wildman–Crippen MR) is 37.6 cm³/mol. The molecule has 0 aromatic rings. The van der Waals surface area contributed by atoms with E-state index in [9.17, 15) is 0 Å². The van der Waals surface area contributed by atoms with Crippen LogP contribution in [-0.4, -0.2) is 8.48 Å². The minimum absolute atomic E-state index is 1.65. The molecule has 0 saturated heterocycles. The molecule has 0 rings (SSSR count). The van der Waals surface area contributed by atoms with Gasteiger partial charge < -0.3 is 9.83 Å². The van der Waals surface area contributed by atoms with Crippen molar-refractivity contribution in [2.75, 3.05) is 0 Å². The van der Waals surface area contributed by atoms with Crippen molar-refractivity contribution in [1.82, 2.24) is 0 Å². The van der Waals surface area contributed by atoms with Crippen LogP contribution in [0.15, 0.2) is 12.3 Å². The van der Waals surface area contributed by atoms with Gasteiger partial charge in [0, 0.05) is 0 Å². The van der Waals surface area contributed by atoms with Crippen LogP contribution < -0.4 is 5.40 Å². The maximum absolute atomic E-state index is 5.59.